The van der Waals surface area contributed by atoms with E-state index in [1.807, 2.05) is 0 Å². The summed E-state index contributed by atoms with van der Waals surface area (Å²) in [5.41, 5.74) is 0.657. The van der Waals surface area contributed by atoms with Gasteiger partial charge in [0.15, 0.2) is 11.4 Å². The van der Waals surface area contributed by atoms with Gasteiger partial charge >= 0.3 is 11.9 Å². The van der Waals surface area contributed by atoms with Gasteiger partial charge in [0.1, 0.15) is 18.0 Å². The molecule has 2 heterocycles. The Hall–Kier alpha value is -3.57. The Bertz CT molecular complexity index is 1110. The molecule has 1 saturated heterocycles. The monoisotopic (exact) mass is 532 g/mol. The molecule has 3 rings (SSSR count). The number of methoxy groups -OCH3 is 2. The van der Waals surface area contributed by atoms with Crippen molar-refractivity contribution in [2.24, 2.45) is 5.92 Å². The van der Waals surface area contributed by atoms with Crippen LogP contribution in [0.3, 0.4) is 0 Å². The minimum atomic E-state index is -1.05. The summed E-state index contributed by atoms with van der Waals surface area (Å²) in [5.74, 6) is -2.64. The molecular formula is C27H33FN2O8. The predicted molar refractivity (Wildman–Crippen MR) is 133 cm³/mol. The third-order valence-corrected chi connectivity index (χ3v) is 6.25. The number of aromatic nitrogens is 1. The van der Waals surface area contributed by atoms with E-state index in [1.54, 1.807) is 26.2 Å². The Balaban J connectivity index is 1.81. The number of ether oxygens (including phenoxy) is 5. The van der Waals surface area contributed by atoms with E-state index in [1.165, 1.54) is 38.4 Å². The van der Waals surface area contributed by atoms with Gasteiger partial charge in [0.25, 0.3) is 5.91 Å². The molecule has 0 spiro atoms. The van der Waals surface area contributed by atoms with Crippen molar-refractivity contribution in [3.8, 4) is 11.5 Å². The summed E-state index contributed by atoms with van der Waals surface area (Å²) < 4.78 is 41.0. The maximum atomic E-state index is 13.4. The van der Waals surface area contributed by atoms with Gasteiger partial charge in [-0.25, -0.2) is 14.2 Å². The lowest BCUT2D eigenvalue weighted by atomic mass is 9.88. The molecule has 1 N–H and O–H groups in total. The number of hydrogen-bond acceptors (Lipinski definition) is 9. The minimum Gasteiger partial charge on any atom is -0.493 e. The fourth-order valence-electron chi connectivity index (χ4n) is 4.31. The summed E-state index contributed by atoms with van der Waals surface area (Å²) in [7, 11) is 2.95. The Kier molecular flexibility index (Phi) is 10.5. The van der Waals surface area contributed by atoms with Gasteiger partial charge in [0.05, 0.1) is 13.2 Å². The molecule has 0 bridgehead atoms. The highest BCUT2D eigenvalue weighted by molar-refractivity contribution is 5.98. The van der Waals surface area contributed by atoms with Crippen molar-refractivity contribution in [2.75, 3.05) is 27.4 Å². The summed E-state index contributed by atoms with van der Waals surface area (Å²) >= 11 is 0. The zero-order valence-electron chi connectivity index (χ0n) is 21.9. The van der Waals surface area contributed by atoms with Crippen LogP contribution in [0.2, 0.25) is 0 Å². The molecule has 0 aliphatic carbocycles. The van der Waals surface area contributed by atoms with Crippen LogP contribution in [0.4, 0.5) is 4.39 Å². The molecule has 1 amide bonds. The van der Waals surface area contributed by atoms with E-state index < -0.39 is 30.0 Å². The number of benzene rings is 1. The minimum absolute atomic E-state index is 0.136. The Morgan fingerprint density at radius 2 is 1.92 bits per heavy atom. The molecule has 206 valence electrons. The van der Waals surface area contributed by atoms with Crippen molar-refractivity contribution < 1.29 is 42.5 Å². The summed E-state index contributed by atoms with van der Waals surface area (Å²) in [5, 5.41) is 2.63. The second kappa shape index (κ2) is 13.8. The number of carbonyl (C=O) groups is 3. The van der Waals surface area contributed by atoms with Crippen LogP contribution in [0, 0.1) is 11.7 Å². The summed E-state index contributed by atoms with van der Waals surface area (Å²) in [6.45, 7) is 3.54. The van der Waals surface area contributed by atoms with Crippen molar-refractivity contribution in [1.82, 2.24) is 10.3 Å². The van der Waals surface area contributed by atoms with E-state index >= 15 is 0 Å². The van der Waals surface area contributed by atoms with Crippen LogP contribution in [-0.2, 0) is 30.2 Å². The molecule has 1 aromatic carbocycles. The Labute approximate surface area is 220 Å². The SMILES string of the molecule is COCC[C@H]1OCC[C@H](NC(=O)c2nccc(OC)c2OC(C)=O)C(=O)O[C@@H](C)[C@@H]1Cc1ccc(F)cc1. The van der Waals surface area contributed by atoms with Crippen LogP contribution < -0.4 is 14.8 Å². The lowest BCUT2D eigenvalue weighted by Gasteiger charge is -2.31. The highest BCUT2D eigenvalue weighted by Crippen LogP contribution is 2.30. The van der Waals surface area contributed by atoms with Gasteiger partial charge in [-0.05, 0) is 37.5 Å². The first kappa shape index (κ1) is 29.0. The number of hydrogen-bond donors (Lipinski definition) is 1. The molecule has 11 heteroatoms. The van der Waals surface area contributed by atoms with Crippen molar-refractivity contribution >= 4 is 17.8 Å². The van der Waals surface area contributed by atoms with Crippen LogP contribution in [0.1, 0.15) is 42.7 Å². The fraction of sp³-hybridized carbons (Fsp3) is 0.481. The molecular weight excluding hydrogens is 499 g/mol. The van der Waals surface area contributed by atoms with Crippen LogP contribution in [0.5, 0.6) is 11.5 Å². The number of nitrogens with one attached hydrogen (secondary N) is 1. The highest BCUT2D eigenvalue weighted by atomic mass is 19.1. The van der Waals surface area contributed by atoms with Crippen molar-refractivity contribution in [3.63, 3.8) is 0 Å². The molecule has 10 nitrogen and oxygen atoms in total. The van der Waals surface area contributed by atoms with Crippen LogP contribution in [0.15, 0.2) is 36.5 Å². The molecule has 1 aromatic heterocycles. The Morgan fingerprint density at radius 1 is 1.18 bits per heavy atom. The lowest BCUT2D eigenvalue weighted by Crippen LogP contribution is -2.44. The zero-order chi connectivity index (χ0) is 27.7. The van der Waals surface area contributed by atoms with E-state index in [0.717, 1.165) is 5.56 Å². The average Bonchev–Trinajstić information content (AvgIpc) is 2.93. The summed E-state index contributed by atoms with van der Waals surface area (Å²) in [6, 6.07) is 6.54. The second-order valence-corrected chi connectivity index (χ2v) is 8.93. The number of esters is 2. The van der Waals surface area contributed by atoms with Gasteiger partial charge in [-0.15, -0.1) is 0 Å². The van der Waals surface area contributed by atoms with Gasteiger partial charge in [-0.3, -0.25) is 9.59 Å². The van der Waals surface area contributed by atoms with E-state index in [0.29, 0.717) is 19.4 Å². The third kappa shape index (κ3) is 7.72. The first-order valence-electron chi connectivity index (χ1n) is 12.3. The first-order chi connectivity index (χ1) is 18.2. The van der Waals surface area contributed by atoms with E-state index in [2.05, 4.69) is 10.3 Å². The van der Waals surface area contributed by atoms with Gasteiger partial charge in [-0.1, -0.05) is 12.1 Å². The smallest absolute Gasteiger partial charge is 0.329 e. The predicted octanol–water partition coefficient (Wildman–Crippen LogP) is 2.87. The van der Waals surface area contributed by atoms with Gasteiger partial charge in [0, 0.05) is 51.8 Å². The highest BCUT2D eigenvalue weighted by Gasteiger charge is 2.35. The number of nitrogens with zero attached hydrogens (tertiary/aromatic N) is 1. The van der Waals surface area contributed by atoms with Crippen molar-refractivity contribution in [1.29, 1.82) is 0 Å². The number of halogens is 1. The topological polar surface area (TPSA) is 122 Å². The van der Waals surface area contributed by atoms with Gasteiger partial charge < -0.3 is 29.0 Å². The van der Waals surface area contributed by atoms with E-state index in [-0.39, 0.29) is 48.1 Å². The molecule has 1 aliphatic rings. The average molecular weight is 533 g/mol. The van der Waals surface area contributed by atoms with Crippen molar-refractivity contribution in [2.45, 2.75) is 51.4 Å². The Morgan fingerprint density at radius 3 is 2.58 bits per heavy atom. The van der Waals surface area contributed by atoms with E-state index in [9.17, 15) is 18.8 Å². The van der Waals surface area contributed by atoms with Crippen LogP contribution in [-0.4, -0.2) is 68.5 Å². The molecule has 2 aromatic rings. The molecule has 1 aliphatic heterocycles. The maximum absolute atomic E-state index is 13.4. The van der Waals surface area contributed by atoms with Crippen LogP contribution in [0.25, 0.3) is 0 Å². The zero-order valence-corrected chi connectivity index (χ0v) is 21.9. The maximum Gasteiger partial charge on any atom is 0.329 e. The molecule has 0 radical (unpaired) electrons. The fourth-order valence-corrected chi connectivity index (χ4v) is 4.31. The number of carbonyl (C=O) groups excluding carboxylic acids is 3. The lowest BCUT2D eigenvalue weighted by molar-refractivity contribution is -0.154. The number of amides is 1. The number of pyridine rings is 1. The molecule has 4 atom stereocenters. The van der Waals surface area contributed by atoms with Crippen LogP contribution >= 0.6 is 0 Å². The molecule has 0 saturated carbocycles. The summed E-state index contributed by atoms with van der Waals surface area (Å²) in [4.78, 5) is 41.9. The molecule has 0 unspecified atom stereocenters. The largest absolute Gasteiger partial charge is 0.493 e. The normalized spacial score (nSPS) is 21.9. The first-order valence-corrected chi connectivity index (χ1v) is 12.3. The van der Waals surface area contributed by atoms with E-state index in [4.69, 9.17) is 23.7 Å². The molecule has 38 heavy (non-hydrogen) atoms. The number of cyclic esters (lactones) is 1. The molecule has 1 fully saturated rings. The number of rotatable bonds is 9. The van der Waals surface area contributed by atoms with Crippen molar-refractivity contribution in [3.05, 3.63) is 53.6 Å². The summed E-state index contributed by atoms with van der Waals surface area (Å²) in [6.07, 6.45) is 1.61. The standard InChI is InChI=1S/C27H33FN2O8/c1-16-20(15-18-5-7-19(28)8-6-18)22(11-13-34-3)36-14-10-21(27(33)37-16)30-26(32)24-25(38-17(2)31)23(35-4)9-12-29-24/h5-9,12,16,20-22H,10-11,13-15H2,1-4H3,(H,30,32)/t16-,20-,21-,22+/m0/s1. The van der Waals surface area contributed by atoms with Gasteiger partial charge in [0.2, 0.25) is 5.75 Å². The van der Waals surface area contributed by atoms with Gasteiger partial charge in [-0.2, -0.15) is 0 Å². The second-order valence-electron chi connectivity index (χ2n) is 8.93. The quantitative estimate of drug-likeness (QED) is 0.486. The third-order valence-electron chi connectivity index (χ3n) is 6.25.